The number of carbonyl (C=O) groups is 2. The van der Waals surface area contributed by atoms with Crippen LogP contribution in [-0.2, 0) is 9.59 Å². The summed E-state index contributed by atoms with van der Waals surface area (Å²) in [7, 11) is 0. The molecule has 2 fully saturated rings. The van der Waals surface area contributed by atoms with Gasteiger partial charge in [-0.05, 0) is 36.9 Å². The Balaban J connectivity index is 1.47. The fourth-order valence-electron chi connectivity index (χ4n) is 3.96. The predicted octanol–water partition coefficient (Wildman–Crippen LogP) is 1.01. The second-order valence-electron chi connectivity index (χ2n) is 7.68. The van der Waals surface area contributed by atoms with Crippen molar-refractivity contribution >= 4 is 17.5 Å². The van der Waals surface area contributed by atoms with Gasteiger partial charge in [-0.3, -0.25) is 9.59 Å². The van der Waals surface area contributed by atoms with Crippen LogP contribution in [0.3, 0.4) is 0 Å². The third-order valence-corrected chi connectivity index (χ3v) is 5.70. The first-order chi connectivity index (χ1) is 12.5. The maximum atomic E-state index is 12.9. The van der Waals surface area contributed by atoms with Gasteiger partial charge in [-0.1, -0.05) is 6.92 Å². The summed E-state index contributed by atoms with van der Waals surface area (Å²) in [5.74, 6) is 0.551. The van der Waals surface area contributed by atoms with Crippen molar-refractivity contribution in [2.45, 2.75) is 19.8 Å². The molecule has 2 unspecified atom stereocenters. The summed E-state index contributed by atoms with van der Waals surface area (Å²) in [6.45, 7) is 5.54. The second kappa shape index (κ2) is 6.46. The van der Waals surface area contributed by atoms with E-state index in [1.165, 1.54) is 0 Å². The number of nitrogens with zero attached hydrogens (tertiary/aromatic N) is 2. The SMILES string of the molecule is CC1(CN)CCN(C(=O)C2CCN(c3ccc4c(c3)OCCO4)C2=O)C1. The van der Waals surface area contributed by atoms with Crippen LogP contribution in [0.4, 0.5) is 5.69 Å². The van der Waals surface area contributed by atoms with E-state index in [-0.39, 0.29) is 17.2 Å². The second-order valence-corrected chi connectivity index (χ2v) is 7.68. The highest BCUT2D eigenvalue weighted by Gasteiger charge is 2.43. The number of hydrogen-bond donors (Lipinski definition) is 1. The highest BCUT2D eigenvalue weighted by molar-refractivity contribution is 6.09. The molecule has 26 heavy (non-hydrogen) atoms. The first-order valence-corrected chi connectivity index (χ1v) is 9.21. The maximum Gasteiger partial charge on any atom is 0.239 e. The molecule has 0 aliphatic carbocycles. The molecule has 7 heteroatoms. The molecule has 2 saturated heterocycles. The van der Waals surface area contributed by atoms with Gasteiger partial charge in [0.05, 0.1) is 0 Å². The first kappa shape index (κ1) is 17.1. The van der Waals surface area contributed by atoms with Gasteiger partial charge in [0.2, 0.25) is 11.8 Å². The molecule has 3 aliphatic heterocycles. The third-order valence-electron chi connectivity index (χ3n) is 5.70. The lowest BCUT2D eigenvalue weighted by molar-refractivity contribution is -0.139. The lowest BCUT2D eigenvalue weighted by Gasteiger charge is -2.25. The summed E-state index contributed by atoms with van der Waals surface area (Å²) in [4.78, 5) is 29.2. The molecule has 0 radical (unpaired) electrons. The number of amides is 2. The number of ether oxygens (including phenoxy) is 2. The van der Waals surface area contributed by atoms with E-state index in [1.54, 1.807) is 4.90 Å². The zero-order valence-corrected chi connectivity index (χ0v) is 15.1. The molecule has 3 heterocycles. The third kappa shape index (κ3) is 2.90. The molecule has 2 amide bonds. The molecule has 4 rings (SSSR count). The molecule has 2 N–H and O–H groups in total. The van der Waals surface area contributed by atoms with Crippen molar-refractivity contribution in [1.29, 1.82) is 0 Å². The van der Waals surface area contributed by atoms with Gasteiger partial charge in [0.15, 0.2) is 11.5 Å². The Kier molecular flexibility index (Phi) is 4.26. The van der Waals surface area contributed by atoms with Gasteiger partial charge in [-0.2, -0.15) is 0 Å². The standard InChI is InChI=1S/C19H25N3O4/c1-19(11-20)5-7-21(12-19)17(23)14-4-6-22(18(14)24)13-2-3-15-16(10-13)26-9-8-25-15/h2-3,10,14H,4-9,11-12,20H2,1H3. The Morgan fingerprint density at radius 1 is 1.27 bits per heavy atom. The predicted molar refractivity (Wildman–Crippen MR) is 96.3 cm³/mol. The van der Waals surface area contributed by atoms with Gasteiger partial charge in [-0.15, -0.1) is 0 Å². The summed E-state index contributed by atoms with van der Waals surface area (Å²) in [6.07, 6.45) is 1.43. The lowest BCUT2D eigenvalue weighted by atomic mass is 9.90. The van der Waals surface area contributed by atoms with Gasteiger partial charge in [-0.25, -0.2) is 0 Å². The summed E-state index contributed by atoms with van der Waals surface area (Å²) in [6, 6.07) is 5.49. The van der Waals surface area contributed by atoms with Crippen molar-refractivity contribution < 1.29 is 19.1 Å². The van der Waals surface area contributed by atoms with E-state index in [2.05, 4.69) is 6.92 Å². The van der Waals surface area contributed by atoms with Crippen LogP contribution in [0.25, 0.3) is 0 Å². The van der Waals surface area contributed by atoms with Gasteiger partial charge in [0.1, 0.15) is 19.1 Å². The number of likely N-dealkylation sites (tertiary alicyclic amines) is 1. The minimum absolute atomic E-state index is 0.0349. The number of hydrogen-bond acceptors (Lipinski definition) is 5. The van der Waals surface area contributed by atoms with E-state index in [0.29, 0.717) is 57.3 Å². The number of anilines is 1. The summed E-state index contributed by atoms with van der Waals surface area (Å²) in [5.41, 5.74) is 6.55. The van der Waals surface area contributed by atoms with E-state index in [4.69, 9.17) is 15.2 Å². The fourth-order valence-corrected chi connectivity index (χ4v) is 3.96. The minimum Gasteiger partial charge on any atom is -0.486 e. The Labute approximate surface area is 153 Å². The molecule has 2 atom stereocenters. The van der Waals surface area contributed by atoms with Gasteiger partial charge in [0, 0.05) is 31.4 Å². The molecule has 140 valence electrons. The normalized spacial score (nSPS) is 27.9. The Morgan fingerprint density at radius 2 is 2.04 bits per heavy atom. The zero-order chi connectivity index (χ0) is 18.3. The van der Waals surface area contributed by atoms with Crippen molar-refractivity contribution in [3.05, 3.63) is 18.2 Å². The van der Waals surface area contributed by atoms with E-state index < -0.39 is 5.92 Å². The van der Waals surface area contributed by atoms with E-state index >= 15 is 0 Å². The molecular weight excluding hydrogens is 334 g/mol. The average Bonchev–Trinajstić information content (AvgIpc) is 3.25. The molecule has 0 aromatic heterocycles. The van der Waals surface area contributed by atoms with Crippen LogP contribution in [0, 0.1) is 11.3 Å². The van der Waals surface area contributed by atoms with Gasteiger partial charge >= 0.3 is 0 Å². The van der Waals surface area contributed by atoms with Crippen LogP contribution in [-0.4, -0.2) is 56.1 Å². The number of rotatable bonds is 3. The molecule has 7 nitrogen and oxygen atoms in total. The smallest absolute Gasteiger partial charge is 0.239 e. The lowest BCUT2D eigenvalue weighted by Crippen LogP contribution is -2.40. The fraction of sp³-hybridized carbons (Fsp3) is 0.579. The van der Waals surface area contributed by atoms with E-state index in [1.807, 2.05) is 23.1 Å². The van der Waals surface area contributed by atoms with Gasteiger partial charge < -0.3 is 25.0 Å². The monoisotopic (exact) mass is 359 g/mol. The number of nitrogens with two attached hydrogens (primary N) is 1. The molecule has 0 saturated carbocycles. The number of fused-ring (bicyclic) bond motifs is 1. The first-order valence-electron chi connectivity index (χ1n) is 9.21. The van der Waals surface area contributed by atoms with Crippen LogP contribution in [0.1, 0.15) is 19.8 Å². The quantitative estimate of drug-likeness (QED) is 0.814. The Morgan fingerprint density at radius 3 is 2.77 bits per heavy atom. The molecule has 1 aromatic carbocycles. The van der Waals surface area contributed by atoms with Crippen molar-refractivity contribution in [3.63, 3.8) is 0 Å². The van der Waals surface area contributed by atoms with Crippen molar-refractivity contribution in [2.24, 2.45) is 17.1 Å². The largest absolute Gasteiger partial charge is 0.486 e. The van der Waals surface area contributed by atoms with Crippen LogP contribution in [0.15, 0.2) is 18.2 Å². The number of carbonyl (C=O) groups excluding carboxylic acids is 2. The Bertz CT molecular complexity index is 737. The molecule has 0 spiro atoms. The minimum atomic E-state index is -0.594. The summed E-state index contributed by atoms with van der Waals surface area (Å²) < 4.78 is 11.1. The van der Waals surface area contributed by atoms with Gasteiger partial charge in [0.25, 0.3) is 0 Å². The summed E-state index contributed by atoms with van der Waals surface area (Å²) >= 11 is 0. The molecule has 1 aromatic rings. The number of benzene rings is 1. The molecule has 0 bridgehead atoms. The Hall–Kier alpha value is -2.28. The maximum absolute atomic E-state index is 12.9. The van der Waals surface area contributed by atoms with Crippen molar-refractivity contribution in [2.75, 3.05) is 44.3 Å². The van der Waals surface area contributed by atoms with Crippen LogP contribution in [0.5, 0.6) is 11.5 Å². The molecule has 3 aliphatic rings. The van der Waals surface area contributed by atoms with Crippen molar-refractivity contribution in [1.82, 2.24) is 4.90 Å². The summed E-state index contributed by atoms with van der Waals surface area (Å²) in [5, 5.41) is 0. The van der Waals surface area contributed by atoms with Crippen LogP contribution < -0.4 is 20.1 Å². The van der Waals surface area contributed by atoms with Crippen molar-refractivity contribution in [3.8, 4) is 11.5 Å². The zero-order valence-electron chi connectivity index (χ0n) is 15.1. The topological polar surface area (TPSA) is 85.1 Å². The highest BCUT2D eigenvalue weighted by Crippen LogP contribution is 2.37. The average molecular weight is 359 g/mol. The van der Waals surface area contributed by atoms with E-state index in [9.17, 15) is 9.59 Å². The van der Waals surface area contributed by atoms with E-state index in [0.717, 1.165) is 12.1 Å². The molecular formula is C19H25N3O4. The van der Waals surface area contributed by atoms with Crippen LogP contribution >= 0.6 is 0 Å². The van der Waals surface area contributed by atoms with Crippen LogP contribution in [0.2, 0.25) is 0 Å². The highest BCUT2D eigenvalue weighted by atomic mass is 16.6.